The summed E-state index contributed by atoms with van der Waals surface area (Å²) in [5, 5.41) is 1.93. The Labute approximate surface area is 136 Å². The molecule has 0 aliphatic heterocycles. The summed E-state index contributed by atoms with van der Waals surface area (Å²) >= 11 is 3.35. The lowest BCUT2D eigenvalue weighted by Gasteiger charge is -2.09. The number of carbonyl (C=O) groups is 1. The molecule has 0 N–H and O–H groups in total. The molecule has 4 heteroatoms. The van der Waals surface area contributed by atoms with E-state index < -0.39 is 5.97 Å². The molecule has 0 unspecified atom stereocenters. The molecule has 0 fully saturated rings. The van der Waals surface area contributed by atoms with E-state index in [1.54, 1.807) is 18.2 Å². The maximum atomic E-state index is 11.9. The molecule has 110 valence electrons. The first kappa shape index (κ1) is 14.6. The predicted molar refractivity (Wildman–Crippen MR) is 89.2 cm³/mol. The van der Waals surface area contributed by atoms with Crippen LogP contribution in [0, 0.1) is 0 Å². The number of hydrogen-bond donors (Lipinski definition) is 0. The van der Waals surface area contributed by atoms with Gasteiger partial charge >= 0.3 is 5.97 Å². The molecule has 0 spiro atoms. The minimum atomic E-state index is -0.431. The third kappa shape index (κ3) is 3.46. The van der Waals surface area contributed by atoms with Gasteiger partial charge in [-0.15, -0.1) is 0 Å². The molecule has 0 aliphatic rings. The highest BCUT2D eigenvalue weighted by Crippen LogP contribution is 2.25. The van der Waals surface area contributed by atoms with Crippen molar-refractivity contribution in [1.29, 1.82) is 0 Å². The van der Waals surface area contributed by atoms with Crippen LogP contribution in [0.1, 0.15) is 0 Å². The van der Waals surface area contributed by atoms with Crippen molar-refractivity contribution in [3.63, 3.8) is 0 Å². The first-order valence-electron chi connectivity index (χ1n) is 6.79. The van der Waals surface area contributed by atoms with Crippen molar-refractivity contribution in [3.05, 3.63) is 71.2 Å². The Bertz CT molecular complexity index is 792. The maximum Gasteiger partial charge on any atom is 0.349 e. The number of halogens is 1. The minimum Gasteiger partial charge on any atom is -0.482 e. The molecule has 0 bridgehead atoms. The molecule has 0 saturated carbocycles. The van der Waals surface area contributed by atoms with Gasteiger partial charge in [-0.1, -0.05) is 52.3 Å². The molecule has 3 aromatic rings. The molecule has 0 heterocycles. The Kier molecular flexibility index (Phi) is 4.39. The monoisotopic (exact) mass is 356 g/mol. The van der Waals surface area contributed by atoms with Gasteiger partial charge in [0.05, 0.1) is 0 Å². The van der Waals surface area contributed by atoms with Crippen LogP contribution in [0.25, 0.3) is 10.8 Å². The molecule has 3 nitrogen and oxygen atoms in total. The fourth-order valence-corrected chi connectivity index (χ4v) is 2.37. The molecule has 0 atom stereocenters. The van der Waals surface area contributed by atoms with Crippen LogP contribution in [0.3, 0.4) is 0 Å². The van der Waals surface area contributed by atoms with Crippen molar-refractivity contribution in [2.45, 2.75) is 0 Å². The van der Waals surface area contributed by atoms with E-state index in [9.17, 15) is 4.79 Å². The number of hydrogen-bond acceptors (Lipinski definition) is 3. The first-order chi connectivity index (χ1) is 10.7. The van der Waals surface area contributed by atoms with Gasteiger partial charge in [0, 0.05) is 9.86 Å². The molecule has 0 aliphatic carbocycles. The Morgan fingerprint density at radius 3 is 2.45 bits per heavy atom. The van der Waals surface area contributed by atoms with Crippen LogP contribution in [0.4, 0.5) is 0 Å². The van der Waals surface area contributed by atoms with E-state index in [0.29, 0.717) is 11.5 Å². The standard InChI is InChI=1S/C18H13BrO3/c19-14-8-10-15(11-9-14)21-12-18(20)22-17-7-3-5-13-4-1-2-6-16(13)17/h1-11H,12H2. The number of carbonyl (C=O) groups excluding carboxylic acids is 1. The van der Waals surface area contributed by atoms with Crippen molar-refractivity contribution < 1.29 is 14.3 Å². The van der Waals surface area contributed by atoms with Crippen molar-refractivity contribution in [2.75, 3.05) is 6.61 Å². The fraction of sp³-hybridized carbons (Fsp3) is 0.0556. The molecule has 3 rings (SSSR count). The highest BCUT2D eigenvalue weighted by atomic mass is 79.9. The van der Waals surface area contributed by atoms with Crippen LogP contribution in [-0.2, 0) is 4.79 Å². The average Bonchev–Trinajstić information content (AvgIpc) is 2.55. The Morgan fingerprint density at radius 2 is 1.64 bits per heavy atom. The van der Waals surface area contributed by atoms with Crippen molar-refractivity contribution in [3.8, 4) is 11.5 Å². The molecule has 0 saturated heterocycles. The Balaban J connectivity index is 1.67. The summed E-state index contributed by atoms with van der Waals surface area (Å²) < 4.78 is 11.8. The summed E-state index contributed by atoms with van der Waals surface area (Å²) in [4.78, 5) is 11.9. The van der Waals surface area contributed by atoms with Crippen LogP contribution in [-0.4, -0.2) is 12.6 Å². The van der Waals surface area contributed by atoms with Gasteiger partial charge in [0.1, 0.15) is 11.5 Å². The molecular formula is C18H13BrO3. The lowest BCUT2D eigenvalue weighted by Crippen LogP contribution is -2.17. The third-order valence-corrected chi connectivity index (χ3v) is 3.67. The largest absolute Gasteiger partial charge is 0.482 e. The van der Waals surface area contributed by atoms with Gasteiger partial charge in [-0.2, -0.15) is 0 Å². The van der Waals surface area contributed by atoms with E-state index >= 15 is 0 Å². The van der Waals surface area contributed by atoms with Crippen molar-refractivity contribution in [1.82, 2.24) is 0 Å². The number of benzene rings is 3. The van der Waals surface area contributed by atoms with Crippen LogP contribution < -0.4 is 9.47 Å². The van der Waals surface area contributed by atoms with Gasteiger partial charge in [0.2, 0.25) is 0 Å². The van der Waals surface area contributed by atoms with Crippen LogP contribution in [0.15, 0.2) is 71.2 Å². The van der Waals surface area contributed by atoms with Crippen LogP contribution >= 0.6 is 15.9 Å². The Hall–Kier alpha value is -2.33. The van der Waals surface area contributed by atoms with Gasteiger partial charge in [-0.25, -0.2) is 4.79 Å². The highest BCUT2D eigenvalue weighted by Gasteiger charge is 2.09. The predicted octanol–water partition coefficient (Wildman–Crippen LogP) is 4.59. The molecule has 0 aromatic heterocycles. The molecule has 3 aromatic carbocycles. The van der Waals surface area contributed by atoms with E-state index in [0.717, 1.165) is 15.2 Å². The lowest BCUT2D eigenvalue weighted by atomic mass is 10.1. The second kappa shape index (κ2) is 6.62. The third-order valence-electron chi connectivity index (χ3n) is 3.14. The summed E-state index contributed by atoms with van der Waals surface area (Å²) in [6, 6.07) is 20.7. The van der Waals surface area contributed by atoms with Gasteiger partial charge in [-0.05, 0) is 35.7 Å². The van der Waals surface area contributed by atoms with Gasteiger partial charge in [-0.3, -0.25) is 0 Å². The quantitative estimate of drug-likeness (QED) is 0.506. The smallest absolute Gasteiger partial charge is 0.349 e. The highest BCUT2D eigenvalue weighted by molar-refractivity contribution is 9.10. The topological polar surface area (TPSA) is 35.5 Å². The van der Waals surface area contributed by atoms with E-state index in [1.807, 2.05) is 48.5 Å². The zero-order valence-electron chi connectivity index (χ0n) is 11.7. The molecule has 0 amide bonds. The lowest BCUT2D eigenvalue weighted by molar-refractivity contribution is -0.136. The maximum absolute atomic E-state index is 11.9. The van der Waals surface area contributed by atoms with E-state index in [2.05, 4.69) is 15.9 Å². The number of ether oxygens (including phenoxy) is 2. The zero-order valence-corrected chi connectivity index (χ0v) is 13.2. The minimum absolute atomic E-state index is 0.134. The van der Waals surface area contributed by atoms with E-state index in [4.69, 9.17) is 9.47 Å². The van der Waals surface area contributed by atoms with Gasteiger partial charge in [0.25, 0.3) is 0 Å². The number of esters is 1. The second-order valence-electron chi connectivity index (χ2n) is 4.69. The molecular weight excluding hydrogens is 344 g/mol. The first-order valence-corrected chi connectivity index (χ1v) is 7.58. The second-order valence-corrected chi connectivity index (χ2v) is 5.61. The van der Waals surface area contributed by atoms with E-state index in [1.165, 1.54) is 0 Å². The average molecular weight is 357 g/mol. The zero-order chi connectivity index (χ0) is 15.4. The molecule has 22 heavy (non-hydrogen) atoms. The fourth-order valence-electron chi connectivity index (χ4n) is 2.11. The number of rotatable bonds is 4. The summed E-state index contributed by atoms with van der Waals surface area (Å²) in [6.45, 7) is -0.134. The number of fused-ring (bicyclic) bond motifs is 1. The normalized spacial score (nSPS) is 10.4. The Morgan fingerprint density at radius 1 is 0.909 bits per heavy atom. The summed E-state index contributed by atoms with van der Waals surface area (Å²) in [5.74, 6) is 0.736. The summed E-state index contributed by atoms with van der Waals surface area (Å²) in [6.07, 6.45) is 0. The van der Waals surface area contributed by atoms with Crippen molar-refractivity contribution in [2.24, 2.45) is 0 Å². The van der Waals surface area contributed by atoms with Crippen molar-refractivity contribution >= 4 is 32.7 Å². The summed E-state index contributed by atoms with van der Waals surface area (Å²) in [5.41, 5.74) is 0. The van der Waals surface area contributed by atoms with Crippen LogP contribution in [0.5, 0.6) is 11.5 Å². The van der Waals surface area contributed by atoms with E-state index in [-0.39, 0.29) is 6.61 Å². The summed E-state index contributed by atoms with van der Waals surface area (Å²) in [7, 11) is 0. The van der Waals surface area contributed by atoms with Crippen LogP contribution in [0.2, 0.25) is 0 Å². The van der Waals surface area contributed by atoms with Gasteiger partial charge in [0.15, 0.2) is 6.61 Å². The SMILES string of the molecule is O=C(COc1ccc(Br)cc1)Oc1cccc2ccccc12. The molecule has 0 radical (unpaired) electrons. The van der Waals surface area contributed by atoms with Gasteiger partial charge < -0.3 is 9.47 Å².